The normalized spacial score (nSPS) is 47.6. The number of Topliss-reactive ketones (excluding diaryl/α,β-unsaturated/α-hetero) is 1. The third kappa shape index (κ3) is 1.48. The van der Waals surface area contributed by atoms with Crippen LogP contribution in [0.25, 0.3) is 0 Å². The summed E-state index contributed by atoms with van der Waals surface area (Å²) in [6.45, 7) is 5.85. The van der Waals surface area contributed by atoms with Gasteiger partial charge in [-0.1, -0.05) is 13.5 Å². The number of fused-ring (bicyclic) bond motifs is 2. The van der Waals surface area contributed by atoms with Crippen molar-refractivity contribution in [3.05, 3.63) is 12.2 Å². The standard InChI is InChI=1S/C14H18O4/c1-7-8-5-9-12(16)10(15)3-4-14(9,2)6-11(8)18-13(7)17/h8-11,15H,1,3-6H2,2H3/t8-,9+,10-,11-,14-/m1/s1. The third-order valence-electron chi connectivity index (χ3n) is 5.08. The van der Waals surface area contributed by atoms with Crippen LogP contribution in [-0.2, 0) is 14.3 Å². The van der Waals surface area contributed by atoms with E-state index in [9.17, 15) is 14.7 Å². The average molecular weight is 250 g/mol. The summed E-state index contributed by atoms with van der Waals surface area (Å²) in [5.74, 6) is -0.576. The van der Waals surface area contributed by atoms with Crippen LogP contribution in [0.5, 0.6) is 0 Å². The molecule has 4 nitrogen and oxygen atoms in total. The lowest BCUT2D eigenvalue weighted by atomic mass is 9.56. The number of carbonyl (C=O) groups excluding carboxylic acids is 2. The first-order valence-corrected chi connectivity index (χ1v) is 6.54. The molecule has 1 saturated heterocycles. The Morgan fingerprint density at radius 2 is 2.17 bits per heavy atom. The van der Waals surface area contributed by atoms with E-state index in [0.29, 0.717) is 24.8 Å². The highest BCUT2D eigenvalue weighted by Crippen LogP contribution is 2.54. The van der Waals surface area contributed by atoms with Gasteiger partial charge < -0.3 is 9.84 Å². The molecule has 3 aliphatic rings. The van der Waals surface area contributed by atoms with E-state index in [4.69, 9.17) is 4.74 Å². The molecule has 2 aliphatic carbocycles. The van der Waals surface area contributed by atoms with Crippen LogP contribution < -0.4 is 0 Å². The zero-order valence-corrected chi connectivity index (χ0v) is 10.5. The van der Waals surface area contributed by atoms with Crippen molar-refractivity contribution in [1.82, 2.24) is 0 Å². The van der Waals surface area contributed by atoms with Crippen molar-refractivity contribution in [2.45, 2.75) is 44.8 Å². The molecule has 0 radical (unpaired) electrons. The lowest BCUT2D eigenvalue weighted by Crippen LogP contribution is -2.50. The van der Waals surface area contributed by atoms with Crippen LogP contribution in [0, 0.1) is 17.3 Å². The maximum absolute atomic E-state index is 12.1. The Bertz CT molecular complexity index is 441. The van der Waals surface area contributed by atoms with Crippen molar-refractivity contribution in [3.63, 3.8) is 0 Å². The molecule has 5 atom stereocenters. The Kier molecular flexibility index (Phi) is 2.43. The highest BCUT2D eigenvalue weighted by molar-refractivity contribution is 5.92. The van der Waals surface area contributed by atoms with Gasteiger partial charge in [0.2, 0.25) is 0 Å². The monoisotopic (exact) mass is 250 g/mol. The fourth-order valence-electron chi connectivity index (χ4n) is 3.87. The van der Waals surface area contributed by atoms with Gasteiger partial charge in [0.25, 0.3) is 0 Å². The van der Waals surface area contributed by atoms with E-state index in [2.05, 4.69) is 13.5 Å². The summed E-state index contributed by atoms with van der Waals surface area (Å²) < 4.78 is 5.34. The highest BCUT2D eigenvalue weighted by Gasteiger charge is 2.55. The van der Waals surface area contributed by atoms with E-state index >= 15 is 0 Å². The van der Waals surface area contributed by atoms with Gasteiger partial charge in [0, 0.05) is 17.4 Å². The molecule has 0 amide bonds. The molecule has 0 aromatic rings. The van der Waals surface area contributed by atoms with Gasteiger partial charge in [0.1, 0.15) is 12.2 Å². The number of aliphatic hydroxyl groups is 1. The van der Waals surface area contributed by atoms with Crippen molar-refractivity contribution >= 4 is 11.8 Å². The topological polar surface area (TPSA) is 63.6 Å². The number of hydrogen-bond donors (Lipinski definition) is 1. The molecule has 0 aromatic heterocycles. The van der Waals surface area contributed by atoms with Crippen LogP contribution in [0.15, 0.2) is 12.2 Å². The van der Waals surface area contributed by atoms with Crippen molar-refractivity contribution in [1.29, 1.82) is 0 Å². The van der Waals surface area contributed by atoms with Crippen LogP contribution in [0.3, 0.4) is 0 Å². The molecule has 0 bridgehead atoms. The third-order valence-corrected chi connectivity index (χ3v) is 5.08. The van der Waals surface area contributed by atoms with Crippen LogP contribution in [0.4, 0.5) is 0 Å². The minimum atomic E-state index is -0.828. The summed E-state index contributed by atoms with van der Waals surface area (Å²) in [6.07, 6.45) is 1.71. The van der Waals surface area contributed by atoms with Crippen LogP contribution >= 0.6 is 0 Å². The number of ether oxygens (including phenoxy) is 1. The van der Waals surface area contributed by atoms with E-state index in [1.54, 1.807) is 0 Å². The lowest BCUT2D eigenvalue weighted by Gasteiger charge is -2.48. The minimum Gasteiger partial charge on any atom is -0.458 e. The second-order valence-electron chi connectivity index (χ2n) is 6.18. The maximum atomic E-state index is 12.1. The average Bonchev–Trinajstić information content (AvgIpc) is 2.58. The number of rotatable bonds is 0. The summed E-state index contributed by atoms with van der Waals surface area (Å²) in [5.41, 5.74) is 0.359. The molecular formula is C14H18O4. The molecular weight excluding hydrogens is 232 g/mol. The smallest absolute Gasteiger partial charge is 0.334 e. The van der Waals surface area contributed by atoms with Gasteiger partial charge in [0.15, 0.2) is 5.78 Å². The predicted molar refractivity (Wildman–Crippen MR) is 63.6 cm³/mol. The van der Waals surface area contributed by atoms with Gasteiger partial charge in [-0.05, 0) is 31.1 Å². The largest absolute Gasteiger partial charge is 0.458 e. The predicted octanol–water partition coefficient (Wildman–Crippen LogP) is 1.22. The number of carbonyl (C=O) groups is 2. The summed E-state index contributed by atoms with van der Waals surface area (Å²) >= 11 is 0. The Labute approximate surface area is 106 Å². The van der Waals surface area contributed by atoms with Crippen molar-refractivity contribution in [3.8, 4) is 0 Å². The van der Waals surface area contributed by atoms with Crippen molar-refractivity contribution < 1.29 is 19.4 Å². The Morgan fingerprint density at radius 1 is 1.44 bits per heavy atom. The first-order chi connectivity index (χ1) is 8.42. The molecule has 0 unspecified atom stereocenters. The molecule has 3 rings (SSSR count). The zero-order chi connectivity index (χ0) is 13.1. The minimum absolute atomic E-state index is 0.0372. The SMILES string of the molecule is C=C1C(=O)O[C@@H]2C[C@@]3(C)CC[C@@H](O)C(=O)[C@@H]3C[C@H]12. The molecule has 2 saturated carbocycles. The number of ketones is 1. The van der Waals surface area contributed by atoms with Gasteiger partial charge in [-0.3, -0.25) is 4.79 Å². The second kappa shape index (κ2) is 3.67. The summed E-state index contributed by atoms with van der Waals surface area (Å²) in [7, 11) is 0. The summed E-state index contributed by atoms with van der Waals surface area (Å²) in [5, 5.41) is 9.72. The van der Waals surface area contributed by atoms with Crippen molar-refractivity contribution in [2.75, 3.05) is 0 Å². The molecule has 1 N–H and O–H groups in total. The van der Waals surface area contributed by atoms with E-state index in [-0.39, 0.29) is 35.1 Å². The Balaban J connectivity index is 1.91. The first-order valence-electron chi connectivity index (χ1n) is 6.54. The van der Waals surface area contributed by atoms with Crippen LogP contribution in [-0.4, -0.2) is 29.1 Å². The number of aliphatic hydroxyl groups excluding tert-OH is 1. The first kappa shape index (κ1) is 11.9. The fourth-order valence-corrected chi connectivity index (χ4v) is 3.87. The Hall–Kier alpha value is -1.16. The molecule has 4 heteroatoms. The van der Waals surface area contributed by atoms with E-state index < -0.39 is 6.10 Å². The van der Waals surface area contributed by atoms with Crippen LogP contribution in [0.1, 0.15) is 32.6 Å². The molecule has 1 aliphatic heterocycles. The maximum Gasteiger partial charge on any atom is 0.334 e. The fraction of sp³-hybridized carbons (Fsp3) is 0.714. The van der Waals surface area contributed by atoms with Gasteiger partial charge in [-0.2, -0.15) is 0 Å². The molecule has 0 aromatic carbocycles. The summed E-state index contributed by atoms with van der Waals surface area (Å²) in [6, 6.07) is 0. The van der Waals surface area contributed by atoms with Gasteiger partial charge in [-0.15, -0.1) is 0 Å². The van der Waals surface area contributed by atoms with Gasteiger partial charge in [0.05, 0.1) is 0 Å². The summed E-state index contributed by atoms with van der Waals surface area (Å²) in [4.78, 5) is 23.7. The van der Waals surface area contributed by atoms with E-state index in [0.717, 1.165) is 6.42 Å². The molecule has 0 spiro atoms. The quantitative estimate of drug-likeness (QED) is 0.518. The molecule has 3 fully saturated rings. The molecule has 98 valence electrons. The lowest BCUT2D eigenvalue weighted by molar-refractivity contribution is -0.152. The zero-order valence-electron chi connectivity index (χ0n) is 10.5. The molecule has 1 heterocycles. The van der Waals surface area contributed by atoms with E-state index in [1.165, 1.54) is 0 Å². The molecule has 18 heavy (non-hydrogen) atoms. The van der Waals surface area contributed by atoms with Gasteiger partial charge >= 0.3 is 5.97 Å². The van der Waals surface area contributed by atoms with Gasteiger partial charge in [-0.25, -0.2) is 4.79 Å². The highest BCUT2D eigenvalue weighted by atomic mass is 16.6. The Morgan fingerprint density at radius 3 is 2.89 bits per heavy atom. The van der Waals surface area contributed by atoms with E-state index in [1.807, 2.05) is 0 Å². The van der Waals surface area contributed by atoms with Crippen LogP contribution in [0.2, 0.25) is 0 Å². The number of esters is 1. The number of hydrogen-bond acceptors (Lipinski definition) is 4. The second-order valence-corrected chi connectivity index (χ2v) is 6.18. The van der Waals surface area contributed by atoms with Crippen molar-refractivity contribution in [2.24, 2.45) is 17.3 Å².